The van der Waals surface area contributed by atoms with Crippen LogP contribution in [0.25, 0.3) is 0 Å². The first-order valence-electron chi connectivity index (χ1n) is 16.4. The van der Waals surface area contributed by atoms with E-state index >= 15 is 0 Å². The average molecular weight is 665 g/mol. The summed E-state index contributed by atoms with van der Waals surface area (Å²) < 4.78 is 42.4. The van der Waals surface area contributed by atoms with Gasteiger partial charge in [0.1, 0.15) is 30.5 Å². The Morgan fingerprint density at radius 3 is 1.87 bits per heavy atom. The molecule has 4 rings (SSSR count). The molecule has 13 nitrogen and oxygen atoms in total. The summed E-state index contributed by atoms with van der Waals surface area (Å²) in [6.07, 6.45) is -3.61. The highest BCUT2D eigenvalue weighted by atomic mass is 16.7. The number of epoxide rings is 1. The zero-order valence-electron chi connectivity index (χ0n) is 28.7. The Hall–Kier alpha value is -3.48. The third-order valence-corrected chi connectivity index (χ3v) is 10.2. The van der Waals surface area contributed by atoms with Crippen LogP contribution in [-0.4, -0.2) is 83.6 Å². The van der Waals surface area contributed by atoms with E-state index in [1.807, 2.05) is 13.8 Å². The van der Waals surface area contributed by atoms with Gasteiger partial charge in [0.15, 0.2) is 17.3 Å². The van der Waals surface area contributed by atoms with Crippen LogP contribution in [0.15, 0.2) is 11.6 Å². The van der Waals surface area contributed by atoms with Gasteiger partial charge < -0.3 is 33.2 Å². The summed E-state index contributed by atoms with van der Waals surface area (Å²) in [6, 6.07) is 0. The van der Waals surface area contributed by atoms with E-state index in [-0.39, 0.29) is 25.7 Å². The van der Waals surface area contributed by atoms with Crippen molar-refractivity contribution in [1.82, 2.24) is 0 Å². The molecule has 0 unspecified atom stereocenters. The molecule has 2 aliphatic carbocycles. The lowest BCUT2D eigenvalue weighted by atomic mass is 9.52. The maximum absolute atomic E-state index is 13.3. The molecule has 0 aromatic rings. The second-order valence-electron chi connectivity index (χ2n) is 13.7. The number of rotatable bonds is 9. The molecule has 1 saturated carbocycles. The van der Waals surface area contributed by atoms with Crippen molar-refractivity contribution in [2.75, 3.05) is 0 Å². The number of carbonyl (C=O) groups excluding carboxylic acids is 6. The molecule has 2 heterocycles. The van der Waals surface area contributed by atoms with Crippen LogP contribution in [0.5, 0.6) is 0 Å². The van der Waals surface area contributed by atoms with Crippen molar-refractivity contribution < 1.29 is 61.9 Å². The molecule has 0 amide bonds. The van der Waals surface area contributed by atoms with Gasteiger partial charge in [0.2, 0.25) is 0 Å². The van der Waals surface area contributed by atoms with Gasteiger partial charge in [-0.1, -0.05) is 33.3 Å². The maximum Gasteiger partial charge on any atom is 0.342 e. The molecule has 262 valence electrons. The smallest absolute Gasteiger partial charge is 0.342 e. The fraction of sp³-hybridized carbons (Fsp3) is 0.765. The Labute approximate surface area is 275 Å². The second-order valence-corrected chi connectivity index (χ2v) is 13.7. The van der Waals surface area contributed by atoms with Gasteiger partial charge in [0.05, 0.1) is 5.41 Å². The molecule has 47 heavy (non-hydrogen) atoms. The number of hydrogen-bond donors (Lipinski definition) is 0. The molecule has 13 heteroatoms. The van der Waals surface area contributed by atoms with Crippen LogP contribution in [0, 0.1) is 17.3 Å². The van der Waals surface area contributed by atoms with Gasteiger partial charge in [-0.15, -0.1) is 0 Å². The lowest BCUT2D eigenvalue weighted by molar-refractivity contribution is -0.248. The lowest BCUT2D eigenvalue weighted by Crippen LogP contribution is -2.68. The van der Waals surface area contributed by atoms with Crippen molar-refractivity contribution in [1.29, 1.82) is 0 Å². The summed E-state index contributed by atoms with van der Waals surface area (Å²) in [6.45, 7) is 14.2. The van der Waals surface area contributed by atoms with E-state index in [0.29, 0.717) is 18.4 Å². The van der Waals surface area contributed by atoms with Gasteiger partial charge in [-0.05, 0) is 32.8 Å². The normalized spacial score (nSPS) is 40.1. The van der Waals surface area contributed by atoms with Crippen LogP contribution < -0.4 is 0 Å². The third kappa shape index (κ3) is 6.51. The quantitative estimate of drug-likeness (QED) is 0.152. The second kappa shape index (κ2) is 13.6. The monoisotopic (exact) mass is 664 g/mol. The number of fused-ring (bicyclic) bond motifs is 1. The molecule has 0 aromatic carbocycles. The Kier molecular flexibility index (Phi) is 10.5. The zero-order valence-corrected chi connectivity index (χ0v) is 28.7. The molecule has 0 radical (unpaired) electrons. The molecular formula is C34H48O13. The van der Waals surface area contributed by atoms with Crippen LogP contribution >= 0.6 is 0 Å². The summed E-state index contributed by atoms with van der Waals surface area (Å²) >= 11 is 0. The van der Waals surface area contributed by atoms with E-state index in [0.717, 1.165) is 0 Å². The molecule has 0 N–H and O–H groups in total. The van der Waals surface area contributed by atoms with Crippen LogP contribution in [0.1, 0.15) is 101 Å². The number of esters is 6. The lowest BCUT2D eigenvalue weighted by Gasteiger charge is -2.57. The van der Waals surface area contributed by atoms with E-state index in [9.17, 15) is 28.8 Å². The van der Waals surface area contributed by atoms with Gasteiger partial charge in [-0.3, -0.25) is 24.0 Å². The number of hydrogen-bond acceptors (Lipinski definition) is 13. The van der Waals surface area contributed by atoms with Crippen LogP contribution in [0.4, 0.5) is 0 Å². The van der Waals surface area contributed by atoms with Crippen molar-refractivity contribution in [2.45, 2.75) is 149 Å². The first-order chi connectivity index (χ1) is 22.0. The fourth-order valence-corrected chi connectivity index (χ4v) is 8.11. The Bertz CT molecular complexity index is 1320. The highest BCUT2D eigenvalue weighted by molar-refractivity contribution is 5.89. The van der Waals surface area contributed by atoms with Crippen LogP contribution in [0.3, 0.4) is 0 Å². The van der Waals surface area contributed by atoms with E-state index in [4.69, 9.17) is 33.2 Å². The van der Waals surface area contributed by atoms with E-state index < -0.39 is 101 Å². The van der Waals surface area contributed by atoms with Crippen molar-refractivity contribution in [2.24, 2.45) is 17.3 Å². The molecule has 0 bridgehead atoms. The Morgan fingerprint density at radius 1 is 0.830 bits per heavy atom. The molecule has 0 aromatic heterocycles. The van der Waals surface area contributed by atoms with Gasteiger partial charge in [-0.25, -0.2) is 4.79 Å². The van der Waals surface area contributed by atoms with Crippen molar-refractivity contribution in [3.63, 3.8) is 0 Å². The molecule has 11 atom stereocenters. The summed E-state index contributed by atoms with van der Waals surface area (Å²) in [5.74, 6) is -5.35. The summed E-state index contributed by atoms with van der Waals surface area (Å²) in [5, 5.41) is 0. The summed E-state index contributed by atoms with van der Waals surface area (Å²) in [7, 11) is 0. The Balaban J connectivity index is 2.06. The van der Waals surface area contributed by atoms with Gasteiger partial charge in [-0.2, -0.15) is 0 Å². The third-order valence-electron chi connectivity index (χ3n) is 10.2. The summed E-state index contributed by atoms with van der Waals surface area (Å²) in [4.78, 5) is 77.9. The number of carbonyl (C=O) groups is 6. The highest BCUT2D eigenvalue weighted by Gasteiger charge is 2.87. The maximum atomic E-state index is 13.3. The standard InChI is InChI=1S/C34H48O13/c1-10-12-26(38)44-22-16-24(41-19(5)35)32(8)28(18(22)4)30(43-21(7)37)34-25(46-31(40)33(34,9)47-34)15-17(3)14-23(29(32)42-20(6)36)45-27(39)13-11-2/h15,18,22-25,28-30H,10-14,16H2,1-9H3/b17-15-/t18-,22-,23-,24-,25-,28+,29-,30+,32-,33-,34-/m0/s1. The van der Waals surface area contributed by atoms with Crippen LogP contribution in [0.2, 0.25) is 0 Å². The zero-order chi connectivity index (χ0) is 35.1. The minimum Gasteiger partial charge on any atom is -0.462 e. The minimum absolute atomic E-state index is 0.00217. The summed E-state index contributed by atoms with van der Waals surface area (Å²) in [5.41, 5.74) is -3.89. The average Bonchev–Trinajstić information content (AvgIpc) is 3.54. The first kappa shape index (κ1) is 36.4. The fourth-order valence-electron chi connectivity index (χ4n) is 8.11. The molecular weight excluding hydrogens is 616 g/mol. The van der Waals surface area contributed by atoms with Crippen molar-refractivity contribution >= 4 is 35.8 Å². The molecule has 1 spiro atoms. The van der Waals surface area contributed by atoms with Crippen LogP contribution in [-0.2, 0) is 61.9 Å². The Morgan fingerprint density at radius 2 is 1.36 bits per heavy atom. The molecule has 3 fully saturated rings. The minimum atomic E-state index is -1.53. The van der Waals surface area contributed by atoms with Crippen molar-refractivity contribution in [3.05, 3.63) is 11.6 Å². The van der Waals surface area contributed by atoms with Gasteiger partial charge in [0.25, 0.3) is 0 Å². The largest absolute Gasteiger partial charge is 0.462 e. The topological polar surface area (TPSA) is 170 Å². The van der Waals surface area contributed by atoms with E-state index in [1.165, 1.54) is 20.8 Å². The predicted molar refractivity (Wildman–Crippen MR) is 162 cm³/mol. The van der Waals surface area contributed by atoms with E-state index in [1.54, 1.807) is 33.8 Å². The molecule has 4 aliphatic rings. The van der Waals surface area contributed by atoms with E-state index in [2.05, 4.69) is 0 Å². The number of ether oxygens (including phenoxy) is 7. The van der Waals surface area contributed by atoms with Gasteiger partial charge in [0, 0.05) is 58.3 Å². The SMILES string of the molecule is CCCC(=O)O[C@H]1C[C@H](OC(C)=O)[C@@]2(C)[C@H]([C@H]1C)[C@@H](OC(C)=O)[C@]13O[C@@]1(C)C(=O)O[C@H]3/C=C(/C)C[C@H](OC(=O)CCC)[C@@H]2OC(C)=O. The molecule has 2 aliphatic heterocycles. The first-order valence-corrected chi connectivity index (χ1v) is 16.4. The van der Waals surface area contributed by atoms with Crippen molar-refractivity contribution in [3.8, 4) is 0 Å². The van der Waals surface area contributed by atoms with Gasteiger partial charge >= 0.3 is 35.8 Å². The predicted octanol–water partition coefficient (Wildman–Crippen LogP) is 3.67. The molecule has 2 saturated heterocycles. The highest BCUT2D eigenvalue weighted by Crippen LogP contribution is 2.66.